The second-order valence-corrected chi connectivity index (χ2v) is 6.43. The lowest BCUT2D eigenvalue weighted by Crippen LogP contribution is -2.37. The molecule has 3 N–H and O–H groups in total. The molecule has 0 aromatic carbocycles. The van der Waals surface area contributed by atoms with Crippen molar-refractivity contribution in [2.45, 2.75) is 44.3 Å². The molecular formula is C13H20N4OS. The van der Waals surface area contributed by atoms with Crippen LogP contribution in [0.1, 0.15) is 47.7 Å². The zero-order valence-corrected chi connectivity index (χ0v) is 11.9. The molecule has 0 spiro atoms. The number of thiazole rings is 1. The number of nitrogens with zero attached hydrogens (tertiary/aromatic N) is 2. The van der Waals surface area contributed by atoms with Crippen LogP contribution in [-0.4, -0.2) is 41.0 Å². The molecule has 1 saturated carbocycles. The van der Waals surface area contributed by atoms with E-state index in [-0.39, 0.29) is 18.0 Å². The fourth-order valence-electron chi connectivity index (χ4n) is 2.54. The summed E-state index contributed by atoms with van der Waals surface area (Å²) in [5.74, 6) is -0.0641. The average Bonchev–Trinajstić information content (AvgIpc) is 2.92. The second kappa shape index (κ2) is 5.19. The summed E-state index contributed by atoms with van der Waals surface area (Å²) >= 11 is 1.45. The molecule has 2 heterocycles. The van der Waals surface area contributed by atoms with Crippen LogP contribution in [-0.2, 0) is 0 Å². The number of hydrogen-bond acceptors (Lipinski definition) is 5. The van der Waals surface area contributed by atoms with Gasteiger partial charge in [-0.25, -0.2) is 4.98 Å². The first-order chi connectivity index (χ1) is 9.13. The number of nitrogens with one attached hydrogen (secondary N) is 1. The summed E-state index contributed by atoms with van der Waals surface area (Å²) in [7, 11) is 0. The summed E-state index contributed by atoms with van der Waals surface area (Å²) in [5.41, 5.74) is 6.26. The van der Waals surface area contributed by atoms with Crippen molar-refractivity contribution in [1.29, 1.82) is 0 Å². The summed E-state index contributed by atoms with van der Waals surface area (Å²) < 4.78 is 0. The molecule has 104 valence electrons. The second-order valence-electron chi connectivity index (χ2n) is 5.54. The minimum atomic E-state index is -0.108. The quantitative estimate of drug-likeness (QED) is 0.867. The molecule has 2 fully saturated rings. The molecule has 1 saturated heterocycles. The molecule has 0 bridgehead atoms. The fourth-order valence-corrected chi connectivity index (χ4v) is 3.29. The lowest BCUT2D eigenvalue weighted by Gasteiger charge is -2.15. The molecule has 19 heavy (non-hydrogen) atoms. The van der Waals surface area contributed by atoms with E-state index >= 15 is 0 Å². The molecule has 6 heteroatoms. The van der Waals surface area contributed by atoms with E-state index in [4.69, 9.17) is 5.73 Å². The van der Waals surface area contributed by atoms with Crippen molar-refractivity contribution in [2.24, 2.45) is 5.73 Å². The number of amides is 1. The van der Waals surface area contributed by atoms with E-state index < -0.39 is 0 Å². The predicted octanol–water partition coefficient (Wildman–Crippen LogP) is 1.13. The van der Waals surface area contributed by atoms with Gasteiger partial charge in [-0.1, -0.05) is 0 Å². The molecule has 3 rings (SSSR count). The van der Waals surface area contributed by atoms with Gasteiger partial charge in [0.2, 0.25) is 0 Å². The van der Waals surface area contributed by atoms with Gasteiger partial charge >= 0.3 is 0 Å². The zero-order chi connectivity index (χ0) is 13.4. The highest BCUT2D eigenvalue weighted by atomic mass is 32.1. The fraction of sp³-hybridized carbons (Fsp3) is 0.692. The van der Waals surface area contributed by atoms with Crippen molar-refractivity contribution >= 4 is 17.2 Å². The van der Waals surface area contributed by atoms with Crippen LogP contribution in [0.15, 0.2) is 5.38 Å². The Balaban J connectivity index is 1.55. The lowest BCUT2D eigenvalue weighted by molar-refractivity contribution is 0.0933. The largest absolute Gasteiger partial charge is 0.347 e. The molecule has 1 aromatic heterocycles. The highest BCUT2D eigenvalue weighted by Crippen LogP contribution is 2.29. The summed E-state index contributed by atoms with van der Waals surface area (Å²) in [6.45, 7) is 3.98. The first-order valence-electron chi connectivity index (χ1n) is 6.89. The minimum absolute atomic E-state index is 0.0641. The average molecular weight is 280 g/mol. The molecule has 1 aliphatic carbocycles. The number of carbonyl (C=O) groups is 1. The summed E-state index contributed by atoms with van der Waals surface area (Å²) in [6, 6.07) is 0.947. The summed E-state index contributed by atoms with van der Waals surface area (Å²) in [4.78, 5) is 18.9. The number of carbonyl (C=O) groups excluding carboxylic acids is 1. The van der Waals surface area contributed by atoms with E-state index in [1.165, 1.54) is 24.2 Å². The van der Waals surface area contributed by atoms with Crippen LogP contribution in [0.25, 0.3) is 0 Å². The Morgan fingerprint density at radius 1 is 1.58 bits per heavy atom. The molecular weight excluding hydrogens is 260 g/mol. The monoisotopic (exact) mass is 280 g/mol. The van der Waals surface area contributed by atoms with Crippen LogP contribution >= 0.6 is 11.3 Å². The minimum Gasteiger partial charge on any atom is -0.347 e. The number of hydrogen-bond donors (Lipinski definition) is 2. The molecule has 1 amide bonds. The van der Waals surface area contributed by atoms with E-state index in [1.807, 2.05) is 6.92 Å². The standard InChI is InChI=1S/C13H20N4OS/c1-8(14)13-16-11(7-19-13)12(18)15-9-4-5-17(6-9)10-2-3-10/h7-10H,2-6,14H2,1H3,(H,15,18). The molecule has 2 unspecified atom stereocenters. The van der Waals surface area contributed by atoms with Crippen molar-refractivity contribution in [2.75, 3.05) is 13.1 Å². The van der Waals surface area contributed by atoms with Crippen LogP contribution in [0.3, 0.4) is 0 Å². The normalized spacial score (nSPS) is 25.5. The van der Waals surface area contributed by atoms with Crippen molar-refractivity contribution in [1.82, 2.24) is 15.2 Å². The van der Waals surface area contributed by atoms with Gasteiger partial charge in [-0.15, -0.1) is 11.3 Å². The predicted molar refractivity (Wildman–Crippen MR) is 75.2 cm³/mol. The molecule has 2 atom stereocenters. The van der Waals surface area contributed by atoms with Gasteiger partial charge < -0.3 is 11.1 Å². The SMILES string of the molecule is CC(N)c1nc(C(=O)NC2CCN(C3CC3)C2)cs1. The van der Waals surface area contributed by atoms with Crippen molar-refractivity contribution in [3.05, 3.63) is 16.1 Å². The molecule has 1 aliphatic heterocycles. The topological polar surface area (TPSA) is 71.2 Å². The summed E-state index contributed by atoms with van der Waals surface area (Å²) in [6.07, 6.45) is 3.70. The molecule has 0 radical (unpaired) electrons. The van der Waals surface area contributed by atoms with E-state index in [1.54, 1.807) is 5.38 Å². The highest BCUT2D eigenvalue weighted by molar-refractivity contribution is 7.09. The maximum absolute atomic E-state index is 12.1. The van der Waals surface area contributed by atoms with Crippen LogP contribution in [0.4, 0.5) is 0 Å². The maximum atomic E-state index is 12.1. The van der Waals surface area contributed by atoms with Crippen LogP contribution in [0.5, 0.6) is 0 Å². The Morgan fingerprint density at radius 3 is 3.00 bits per heavy atom. The van der Waals surface area contributed by atoms with Crippen LogP contribution in [0, 0.1) is 0 Å². The van der Waals surface area contributed by atoms with E-state index in [0.29, 0.717) is 5.69 Å². The Bertz CT molecular complexity index is 469. The Labute approximate surface area is 117 Å². The van der Waals surface area contributed by atoms with E-state index in [2.05, 4.69) is 15.2 Å². The highest BCUT2D eigenvalue weighted by Gasteiger charge is 2.34. The van der Waals surface area contributed by atoms with Gasteiger partial charge in [0, 0.05) is 30.6 Å². The van der Waals surface area contributed by atoms with Crippen molar-refractivity contribution < 1.29 is 4.79 Å². The van der Waals surface area contributed by atoms with Gasteiger partial charge in [-0.05, 0) is 26.2 Å². The number of aromatic nitrogens is 1. The molecule has 5 nitrogen and oxygen atoms in total. The van der Waals surface area contributed by atoms with Gasteiger partial charge in [-0.2, -0.15) is 0 Å². The third-order valence-corrected chi connectivity index (χ3v) is 4.81. The third-order valence-electron chi connectivity index (χ3n) is 3.76. The van der Waals surface area contributed by atoms with Crippen LogP contribution in [0.2, 0.25) is 0 Å². The molecule has 1 aromatic rings. The number of nitrogens with two attached hydrogens (primary N) is 1. The van der Waals surface area contributed by atoms with Crippen molar-refractivity contribution in [3.63, 3.8) is 0 Å². The Hall–Kier alpha value is -0.980. The van der Waals surface area contributed by atoms with Gasteiger partial charge in [-0.3, -0.25) is 9.69 Å². The number of likely N-dealkylation sites (tertiary alicyclic amines) is 1. The van der Waals surface area contributed by atoms with Gasteiger partial charge in [0.25, 0.3) is 5.91 Å². The first kappa shape index (κ1) is 13.0. The van der Waals surface area contributed by atoms with Gasteiger partial charge in [0.05, 0.1) is 6.04 Å². The zero-order valence-electron chi connectivity index (χ0n) is 11.1. The number of rotatable bonds is 4. The third kappa shape index (κ3) is 2.96. The van der Waals surface area contributed by atoms with Crippen LogP contribution < -0.4 is 11.1 Å². The first-order valence-corrected chi connectivity index (χ1v) is 7.77. The van der Waals surface area contributed by atoms with Gasteiger partial charge in [0.1, 0.15) is 10.7 Å². The Morgan fingerprint density at radius 2 is 2.37 bits per heavy atom. The lowest BCUT2D eigenvalue weighted by atomic mass is 10.2. The van der Waals surface area contributed by atoms with E-state index in [0.717, 1.165) is 30.6 Å². The summed E-state index contributed by atoms with van der Waals surface area (Å²) in [5, 5.41) is 5.69. The smallest absolute Gasteiger partial charge is 0.271 e. The van der Waals surface area contributed by atoms with Crippen molar-refractivity contribution in [3.8, 4) is 0 Å². The maximum Gasteiger partial charge on any atom is 0.271 e. The van der Waals surface area contributed by atoms with Gasteiger partial charge in [0.15, 0.2) is 0 Å². The Kier molecular flexibility index (Phi) is 3.56. The molecule has 2 aliphatic rings. The van der Waals surface area contributed by atoms with E-state index in [9.17, 15) is 4.79 Å².